The Morgan fingerprint density at radius 3 is 2.60 bits per heavy atom. The van der Waals surface area contributed by atoms with E-state index >= 15 is 0 Å². The third-order valence-corrected chi connectivity index (χ3v) is 1.08. The van der Waals surface area contributed by atoms with Crippen LogP contribution in [0.15, 0.2) is 30.6 Å². The molecule has 1 rings (SSSR count). The highest BCUT2D eigenvalue weighted by atomic mass is 14.8. The fourth-order valence-electron chi connectivity index (χ4n) is 0.691. The second-order valence-electron chi connectivity index (χ2n) is 2.30. The SMILES string of the molecule is C=C(C)Cc1ncccn1. The molecular formula is C8H10N2. The lowest BCUT2D eigenvalue weighted by molar-refractivity contribution is 0.955. The molecule has 1 aromatic heterocycles. The molecule has 0 unspecified atom stereocenters. The molecule has 2 nitrogen and oxygen atoms in total. The minimum Gasteiger partial charge on any atom is -0.241 e. The van der Waals surface area contributed by atoms with Crippen LogP contribution in [0.3, 0.4) is 0 Å². The number of hydrogen-bond donors (Lipinski definition) is 0. The summed E-state index contributed by atoms with van der Waals surface area (Å²) in [6.45, 7) is 5.74. The molecule has 0 aromatic carbocycles. The lowest BCUT2D eigenvalue weighted by Crippen LogP contribution is -1.92. The van der Waals surface area contributed by atoms with Crippen LogP contribution in [0.2, 0.25) is 0 Å². The van der Waals surface area contributed by atoms with Gasteiger partial charge >= 0.3 is 0 Å². The van der Waals surface area contributed by atoms with Crippen LogP contribution >= 0.6 is 0 Å². The van der Waals surface area contributed by atoms with E-state index in [0.29, 0.717) is 0 Å². The van der Waals surface area contributed by atoms with E-state index in [1.165, 1.54) is 0 Å². The van der Waals surface area contributed by atoms with E-state index in [9.17, 15) is 0 Å². The van der Waals surface area contributed by atoms with Crippen molar-refractivity contribution in [3.8, 4) is 0 Å². The lowest BCUT2D eigenvalue weighted by atomic mass is 10.2. The van der Waals surface area contributed by atoms with Gasteiger partial charge in [-0.2, -0.15) is 0 Å². The first-order valence-corrected chi connectivity index (χ1v) is 3.19. The summed E-state index contributed by atoms with van der Waals surface area (Å²) >= 11 is 0. The van der Waals surface area contributed by atoms with Gasteiger partial charge in [0.05, 0.1) is 0 Å². The van der Waals surface area contributed by atoms with Gasteiger partial charge in [-0.15, -0.1) is 0 Å². The number of rotatable bonds is 2. The molecule has 0 saturated carbocycles. The standard InChI is InChI=1S/C8H10N2/c1-7(2)6-8-9-4-3-5-10-8/h3-5H,1,6H2,2H3. The molecule has 0 fully saturated rings. The molecule has 0 saturated heterocycles. The van der Waals surface area contributed by atoms with Crippen LogP contribution in [0.25, 0.3) is 0 Å². The van der Waals surface area contributed by atoms with E-state index in [4.69, 9.17) is 0 Å². The molecule has 0 aliphatic heterocycles. The molecule has 0 bridgehead atoms. The fourth-order valence-corrected chi connectivity index (χ4v) is 0.691. The maximum atomic E-state index is 4.05. The largest absolute Gasteiger partial charge is 0.241 e. The lowest BCUT2D eigenvalue weighted by Gasteiger charge is -1.95. The zero-order chi connectivity index (χ0) is 7.40. The molecule has 0 aliphatic carbocycles. The molecule has 0 aliphatic rings. The zero-order valence-electron chi connectivity index (χ0n) is 6.04. The van der Waals surface area contributed by atoms with Gasteiger partial charge in [0.2, 0.25) is 0 Å². The molecule has 0 spiro atoms. The number of hydrogen-bond acceptors (Lipinski definition) is 2. The first kappa shape index (κ1) is 6.93. The van der Waals surface area contributed by atoms with Crippen molar-refractivity contribution in [2.75, 3.05) is 0 Å². The zero-order valence-corrected chi connectivity index (χ0v) is 6.04. The molecule has 0 atom stereocenters. The van der Waals surface area contributed by atoms with Gasteiger partial charge in [-0.3, -0.25) is 0 Å². The third kappa shape index (κ3) is 1.97. The Labute approximate surface area is 60.6 Å². The Morgan fingerprint density at radius 2 is 2.10 bits per heavy atom. The van der Waals surface area contributed by atoms with Crippen LogP contribution < -0.4 is 0 Å². The van der Waals surface area contributed by atoms with Crippen LogP contribution in [0, 0.1) is 0 Å². The molecule has 0 radical (unpaired) electrons. The second kappa shape index (κ2) is 3.11. The summed E-state index contributed by atoms with van der Waals surface area (Å²) in [5, 5.41) is 0. The molecular weight excluding hydrogens is 124 g/mol. The van der Waals surface area contributed by atoms with Crippen molar-refractivity contribution in [3.05, 3.63) is 36.4 Å². The summed E-state index contributed by atoms with van der Waals surface area (Å²) in [4.78, 5) is 8.09. The molecule has 0 N–H and O–H groups in total. The van der Waals surface area contributed by atoms with Gasteiger partial charge in [0.25, 0.3) is 0 Å². The fraction of sp³-hybridized carbons (Fsp3) is 0.250. The van der Waals surface area contributed by atoms with Crippen LogP contribution in [-0.4, -0.2) is 9.97 Å². The van der Waals surface area contributed by atoms with Gasteiger partial charge in [0, 0.05) is 18.8 Å². The summed E-state index contributed by atoms with van der Waals surface area (Å²) in [6.07, 6.45) is 4.26. The minimum atomic E-state index is 0.779. The quantitative estimate of drug-likeness (QED) is 0.574. The molecule has 1 heterocycles. The Morgan fingerprint density at radius 1 is 1.50 bits per heavy atom. The van der Waals surface area contributed by atoms with Crippen molar-refractivity contribution >= 4 is 0 Å². The minimum absolute atomic E-state index is 0.779. The molecule has 1 aromatic rings. The average Bonchev–Trinajstić information content (AvgIpc) is 1.88. The van der Waals surface area contributed by atoms with Crippen molar-refractivity contribution in [3.63, 3.8) is 0 Å². The van der Waals surface area contributed by atoms with Gasteiger partial charge in [0.1, 0.15) is 5.82 Å². The van der Waals surface area contributed by atoms with Crippen LogP contribution in [0.1, 0.15) is 12.7 Å². The second-order valence-corrected chi connectivity index (χ2v) is 2.30. The Hall–Kier alpha value is -1.18. The average molecular weight is 134 g/mol. The summed E-state index contributed by atoms with van der Waals surface area (Å²) < 4.78 is 0. The van der Waals surface area contributed by atoms with Crippen molar-refractivity contribution < 1.29 is 0 Å². The first-order chi connectivity index (χ1) is 4.79. The van der Waals surface area contributed by atoms with Crippen molar-refractivity contribution in [2.45, 2.75) is 13.3 Å². The maximum absolute atomic E-state index is 4.05. The van der Waals surface area contributed by atoms with E-state index in [1.807, 2.05) is 13.0 Å². The Kier molecular flexibility index (Phi) is 2.15. The van der Waals surface area contributed by atoms with Gasteiger partial charge in [-0.25, -0.2) is 9.97 Å². The van der Waals surface area contributed by atoms with E-state index in [1.54, 1.807) is 12.4 Å². The van der Waals surface area contributed by atoms with E-state index < -0.39 is 0 Å². The Balaban J connectivity index is 2.67. The molecule has 0 amide bonds. The smallest absolute Gasteiger partial charge is 0.132 e. The summed E-state index contributed by atoms with van der Waals surface area (Å²) in [7, 11) is 0. The third-order valence-electron chi connectivity index (χ3n) is 1.08. The van der Waals surface area contributed by atoms with Gasteiger partial charge in [-0.1, -0.05) is 12.2 Å². The number of aromatic nitrogens is 2. The van der Waals surface area contributed by atoms with Gasteiger partial charge in [-0.05, 0) is 13.0 Å². The summed E-state index contributed by atoms with van der Waals surface area (Å²) in [5.41, 5.74) is 1.09. The van der Waals surface area contributed by atoms with Gasteiger partial charge in [0.15, 0.2) is 0 Å². The molecule has 2 heteroatoms. The highest BCUT2D eigenvalue weighted by Gasteiger charge is 1.91. The van der Waals surface area contributed by atoms with Crippen LogP contribution in [0.5, 0.6) is 0 Å². The Bertz CT molecular complexity index is 216. The van der Waals surface area contributed by atoms with Crippen molar-refractivity contribution in [1.82, 2.24) is 9.97 Å². The number of nitrogens with zero attached hydrogens (tertiary/aromatic N) is 2. The van der Waals surface area contributed by atoms with E-state index in [2.05, 4.69) is 16.5 Å². The van der Waals surface area contributed by atoms with Crippen LogP contribution in [-0.2, 0) is 6.42 Å². The summed E-state index contributed by atoms with van der Waals surface area (Å²) in [5.74, 6) is 0.843. The predicted octanol–water partition coefficient (Wildman–Crippen LogP) is 1.60. The predicted molar refractivity (Wildman–Crippen MR) is 40.6 cm³/mol. The van der Waals surface area contributed by atoms with Crippen molar-refractivity contribution in [1.29, 1.82) is 0 Å². The maximum Gasteiger partial charge on any atom is 0.132 e. The topological polar surface area (TPSA) is 25.8 Å². The molecule has 10 heavy (non-hydrogen) atoms. The van der Waals surface area contributed by atoms with Gasteiger partial charge < -0.3 is 0 Å². The monoisotopic (exact) mass is 134 g/mol. The molecule has 52 valence electrons. The van der Waals surface area contributed by atoms with E-state index in [0.717, 1.165) is 17.8 Å². The highest BCUT2D eigenvalue weighted by Crippen LogP contribution is 1.96. The van der Waals surface area contributed by atoms with Crippen molar-refractivity contribution in [2.24, 2.45) is 0 Å². The van der Waals surface area contributed by atoms with Crippen LogP contribution in [0.4, 0.5) is 0 Å². The normalized spacial score (nSPS) is 9.30. The first-order valence-electron chi connectivity index (χ1n) is 3.19. The van der Waals surface area contributed by atoms with E-state index in [-0.39, 0.29) is 0 Å². The number of allylic oxidation sites excluding steroid dienone is 1. The summed E-state index contributed by atoms with van der Waals surface area (Å²) in [6, 6.07) is 1.81. The highest BCUT2D eigenvalue weighted by molar-refractivity contribution is 5.01.